The minimum atomic E-state index is -3.39. The molecule has 1 saturated carbocycles. The van der Waals surface area contributed by atoms with Gasteiger partial charge in [0.2, 0.25) is 0 Å². The summed E-state index contributed by atoms with van der Waals surface area (Å²) in [5, 5.41) is -0.277. The summed E-state index contributed by atoms with van der Waals surface area (Å²) in [6, 6.07) is 0. The lowest BCUT2D eigenvalue weighted by Crippen LogP contribution is -2.24. The summed E-state index contributed by atoms with van der Waals surface area (Å²) in [6.45, 7) is 8.55. The molecular weight excluding hydrogens is 328 g/mol. The lowest BCUT2D eigenvalue weighted by Gasteiger charge is -2.19. The summed E-state index contributed by atoms with van der Waals surface area (Å²) in [5.74, 6) is 0. The maximum atomic E-state index is 12.7. The fourth-order valence-corrected chi connectivity index (χ4v) is 5.66. The SMILES string of the molecule is CCCCc1cn(C(C)(C)C)s/c1=N\S(=O)(=O)C1CCCCC1. The average molecular weight is 359 g/mol. The fraction of sp³-hybridized carbons (Fsp3) is 0.824. The highest BCUT2D eigenvalue weighted by Crippen LogP contribution is 2.25. The molecule has 1 aromatic heterocycles. The van der Waals surface area contributed by atoms with Crippen LogP contribution in [0.4, 0.5) is 0 Å². The van der Waals surface area contributed by atoms with E-state index in [-0.39, 0.29) is 10.8 Å². The molecule has 4 nitrogen and oxygen atoms in total. The number of hydrogen-bond donors (Lipinski definition) is 0. The predicted octanol–water partition coefficient (Wildman–Crippen LogP) is 4.21. The Morgan fingerprint density at radius 3 is 2.48 bits per heavy atom. The molecule has 0 spiro atoms. The number of aromatic nitrogens is 1. The second-order valence-electron chi connectivity index (χ2n) is 7.52. The molecule has 0 amide bonds. The van der Waals surface area contributed by atoms with Crippen LogP contribution in [-0.2, 0) is 22.0 Å². The first-order valence-corrected chi connectivity index (χ1v) is 11.0. The molecule has 0 unspecified atom stereocenters. The van der Waals surface area contributed by atoms with Crippen LogP contribution in [0.5, 0.6) is 0 Å². The first-order valence-electron chi connectivity index (χ1n) is 8.76. The smallest absolute Gasteiger partial charge is 0.257 e. The highest BCUT2D eigenvalue weighted by atomic mass is 32.2. The van der Waals surface area contributed by atoms with Crippen LogP contribution in [0, 0.1) is 0 Å². The van der Waals surface area contributed by atoms with Gasteiger partial charge >= 0.3 is 0 Å². The predicted molar refractivity (Wildman–Crippen MR) is 97.3 cm³/mol. The normalized spacial score (nSPS) is 18.5. The van der Waals surface area contributed by atoms with Gasteiger partial charge in [-0.05, 0) is 58.0 Å². The van der Waals surface area contributed by atoms with Crippen LogP contribution in [0.1, 0.15) is 78.2 Å². The van der Waals surface area contributed by atoms with Gasteiger partial charge in [0.15, 0.2) is 4.67 Å². The minimum Gasteiger partial charge on any atom is -0.298 e. The van der Waals surface area contributed by atoms with Gasteiger partial charge in [-0.15, -0.1) is 0 Å². The topological polar surface area (TPSA) is 51.4 Å². The molecule has 0 N–H and O–H groups in total. The summed E-state index contributed by atoms with van der Waals surface area (Å²) >= 11 is 1.48. The first kappa shape index (κ1) is 18.7. The van der Waals surface area contributed by atoms with Crippen LogP contribution in [0.25, 0.3) is 0 Å². The molecule has 0 bridgehead atoms. The molecule has 0 aliphatic heterocycles. The van der Waals surface area contributed by atoms with Gasteiger partial charge in [0.05, 0.1) is 5.25 Å². The van der Waals surface area contributed by atoms with Crippen molar-refractivity contribution in [2.45, 2.75) is 89.9 Å². The van der Waals surface area contributed by atoms with Crippen LogP contribution in [0.3, 0.4) is 0 Å². The lowest BCUT2D eigenvalue weighted by atomic mass is 10.0. The standard InChI is InChI=1S/C17H30N2O2S2/c1-5-6-10-14-13-19(17(2,3)4)22-16(14)18-23(20,21)15-11-8-7-9-12-15/h13,15H,5-12H2,1-4H3/b18-16-. The number of sulfonamides is 1. The third-order valence-corrected chi connectivity index (χ3v) is 7.62. The Labute approximate surface area is 144 Å². The molecule has 0 saturated heterocycles. The van der Waals surface area contributed by atoms with Gasteiger partial charge in [0, 0.05) is 17.3 Å². The molecule has 0 radical (unpaired) electrons. The molecule has 1 aliphatic rings. The summed E-state index contributed by atoms with van der Waals surface area (Å²) in [6.07, 6.45) is 9.85. The number of aryl methyl sites for hydroxylation is 1. The summed E-state index contributed by atoms with van der Waals surface area (Å²) < 4.78 is 32.4. The lowest BCUT2D eigenvalue weighted by molar-refractivity contribution is 0.427. The Hall–Kier alpha value is -0.620. The largest absolute Gasteiger partial charge is 0.298 e. The Kier molecular flexibility index (Phi) is 6.11. The van der Waals surface area contributed by atoms with E-state index in [0.29, 0.717) is 4.67 Å². The summed E-state index contributed by atoms with van der Waals surface area (Å²) in [7, 11) is -3.39. The quantitative estimate of drug-likeness (QED) is 0.791. The third-order valence-electron chi connectivity index (χ3n) is 4.38. The molecule has 1 fully saturated rings. The summed E-state index contributed by atoms with van der Waals surface area (Å²) in [5.41, 5.74) is 1.03. The highest BCUT2D eigenvalue weighted by molar-refractivity contribution is 7.90. The second kappa shape index (κ2) is 7.51. The van der Waals surface area contributed by atoms with E-state index in [4.69, 9.17) is 0 Å². The molecule has 1 aromatic rings. The van der Waals surface area contributed by atoms with Crippen LogP contribution >= 0.6 is 11.5 Å². The number of nitrogens with zero attached hydrogens (tertiary/aromatic N) is 2. The van der Waals surface area contributed by atoms with Crippen molar-refractivity contribution in [1.29, 1.82) is 0 Å². The number of hydrogen-bond acceptors (Lipinski definition) is 3. The van der Waals surface area contributed by atoms with Crippen molar-refractivity contribution in [3.63, 3.8) is 0 Å². The monoisotopic (exact) mass is 358 g/mol. The van der Waals surface area contributed by atoms with Crippen molar-refractivity contribution >= 4 is 21.6 Å². The maximum absolute atomic E-state index is 12.7. The zero-order valence-electron chi connectivity index (χ0n) is 14.8. The van der Waals surface area contributed by atoms with Crippen LogP contribution in [0.15, 0.2) is 10.6 Å². The van der Waals surface area contributed by atoms with E-state index >= 15 is 0 Å². The van der Waals surface area contributed by atoms with E-state index in [1.807, 2.05) is 0 Å². The van der Waals surface area contributed by atoms with Gasteiger partial charge in [-0.25, -0.2) is 8.42 Å². The molecular formula is C17H30N2O2S2. The van der Waals surface area contributed by atoms with E-state index in [1.165, 1.54) is 11.5 Å². The van der Waals surface area contributed by atoms with E-state index in [0.717, 1.165) is 56.9 Å². The van der Waals surface area contributed by atoms with Gasteiger partial charge in [-0.1, -0.05) is 32.6 Å². The maximum Gasteiger partial charge on any atom is 0.257 e. The van der Waals surface area contributed by atoms with Crippen molar-refractivity contribution in [1.82, 2.24) is 3.96 Å². The number of unbranched alkanes of at least 4 members (excludes halogenated alkanes) is 1. The van der Waals surface area contributed by atoms with E-state index in [1.54, 1.807) is 0 Å². The van der Waals surface area contributed by atoms with E-state index < -0.39 is 10.0 Å². The number of rotatable bonds is 5. The molecule has 132 valence electrons. The van der Waals surface area contributed by atoms with Crippen molar-refractivity contribution in [2.75, 3.05) is 0 Å². The van der Waals surface area contributed by atoms with Gasteiger partial charge in [0.25, 0.3) is 10.0 Å². The van der Waals surface area contributed by atoms with Crippen LogP contribution in [-0.4, -0.2) is 17.6 Å². The van der Waals surface area contributed by atoms with Gasteiger partial charge in [-0.3, -0.25) is 3.96 Å². The second-order valence-corrected chi connectivity index (χ2v) is 10.4. The molecule has 0 aromatic carbocycles. The van der Waals surface area contributed by atoms with Gasteiger partial charge < -0.3 is 0 Å². The minimum absolute atomic E-state index is 0.0476. The Morgan fingerprint density at radius 2 is 1.91 bits per heavy atom. The first-order chi connectivity index (χ1) is 10.7. The van der Waals surface area contributed by atoms with E-state index in [9.17, 15) is 8.42 Å². The Bertz CT molecular complexity index is 672. The Morgan fingerprint density at radius 1 is 1.26 bits per heavy atom. The fourth-order valence-electron chi connectivity index (χ4n) is 2.87. The van der Waals surface area contributed by atoms with Crippen molar-refractivity contribution in [3.8, 4) is 0 Å². The van der Waals surface area contributed by atoms with Gasteiger partial charge in [-0.2, -0.15) is 4.40 Å². The average Bonchev–Trinajstić information content (AvgIpc) is 2.88. The Balaban J connectivity index is 2.40. The molecule has 6 heteroatoms. The molecule has 2 rings (SSSR count). The van der Waals surface area contributed by atoms with Crippen molar-refractivity contribution in [2.24, 2.45) is 4.40 Å². The molecule has 23 heavy (non-hydrogen) atoms. The van der Waals surface area contributed by atoms with Crippen molar-refractivity contribution < 1.29 is 8.42 Å². The molecule has 1 aliphatic carbocycles. The zero-order chi connectivity index (χ0) is 17.1. The van der Waals surface area contributed by atoms with Crippen LogP contribution in [0.2, 0.25) is 0 Å². The van der Waals surface area contributed by atoms with Crippen LogP contribution < -0.4 is 4.67 Å². The van der Waals surface area contributed by atoms with Gasteiger partial charge in [0.1, 0.15) is 0 Å². The molecule has 1 heterocycles. The summed E-state index contributed by atoms with van der Waals surface area (Å²) in [4.78, 5) is 0. The zero-order valence-corrected chi connectivity index (χ0v) is 16.5. The van der Waals surface area contributed by atoms with E-state index in [2.05, 4.69) is 42.2 Å². The third kappa shape index (κ3) is 4.92. The molecule has 0 atom stereocenters. The van der Waals surface area contributed by atoms with Crippen molar-refractivity contribution in [3.05, 3.63) is 16.4 Å². The highest BCUT2D eigenvalue weighted by Gasteiger charge is 2.27.